The van der Waals surface area contributed by atoms with Crippen LogP contribution in [0.15, 0.2) is 46.9 Å². The van der Waals surface area contributed by atoms with Crippen molar-refractivity contribution in [2.45, 2.75) is 26.7 Å². The number of anilines is 1. The van der Waals surface area contributed by atoms with Crippen molar-refractivity contribution in [3.63, 3.8) is 0 Å². The van der Waals surface area contributed by atoms with Gasteiger partial charge in [0.1, 0.15) is 5.75 Å². The van der Waals surface area contributed by atoms with Crippen LogP contribution in [0.1, 0.15) is 36.2 Å². The molecular weight excluding hydrogens is 342 g/mol. The Balaban J connectivity index is 2.26. The predicted molar refractivity (Wildman–Crippen MR) is 93.7 cm³/mol. The lowest BCUT2D eigenvalue weighted by Gasteiger charge is -2.13. The van der Waals surface area contributed by atoms with Crippen LogP contribution < -0.4 is 10.1 Å². The third-order valence-corrected chi connectivity index (χ3v) is 3.79. The van der Waals surface area contributed by atoms with Gasteiger partial charge in [0.15, 0.2) is 0 Å². The van der Waals surface area contributed by atoms with Crippen LogP contribution in [0.5, 0.6) is 5.75 Å². The highest BCUT2D eigenvalue weighted by Crippen LogP contribution is 2.25. The van der Waals surface area contributed by atoms with Crippen LogP contribution in [-0.4, -0.2) is 12.5 Å². The topological polar surface area (TPSA) is 38.3 Å². The fourth-order valence-corrected chi connectivity index (χ4v) is 2.52. The van der Waals surface area contributed by atoms with Gasteiger partial charge in [0.05, 0.1) is 12.2 Å². The van der Waals surface area contributed by atoms with E-state index >= 15 is 0 Å². The van der Waals surface area contributed by atoms with E-state index in [1.165, 1.54) is 0 Å². The number of halogens is 1. The Morgan fingerprint density at radius 2 is 1.95 bits per heavy atom. The largest absolute Gasteiger partial charge is 0.493 e. The lowest BCUT2D eigenvalue weighted by Crippen LogP contribution is -2.15. The standard InChI is InChI=1S/C18H20BrNO2/c1-3-11-22-17-10-9-14(19)12-15(17)18(21)20-16-8-6-5-7-13(16)4-2/h5-10,12H,3-4,11H2,1-2H3,(H,20,21). The Morgan fingerprint density at radius 3 is 2.68 bits per heavy atom. The van der Waals surface area contributed by atoms with Crippen molar-refractivity contribution in [2.75, 3.05) is 11.9 Å². The smallest absolute Gasteiger partial charge is 0.259 e. The highest BCUT2D eigenvalue weighted by Gasteiger charge is 2.14. The molecular formula is C18H20BrNO2. The number of carbonyl (C=O) groups is 1. The van der Waals surface area contributed by atoms with E-state index in [2.05, 4.69) is 28.2 Å². The summed E-state index contributed by atoms with van der Waals surface area (Å²) in [4.78, 5) is 12.6. The molecule has 4 heteroatoms. The molecule has 116 valence electrons. The summed E-state index contributed by atoms with van der Waals surface area (Å²) in [5.41, 5.74) is 2.49. The molecule has 2 aromatic carbocycles. The summed E-state index contributed by atoms with van der Waals surface area (Å²) in [7, 11) is 0. The van der Waals surface area contributed by atoms with Crippen molar-refractivity contribution in [2.24, 2.45) is 0 Å². The van der Waals surface area contributed by atoms with Gasteiger partial charge in [-0.3, -0.25) is 4.79 Å². The van der Waals surface area contributed by atoms with Gasteiger partial charge < -0.3 is 10.1 Å². The molecule has 2 rings (SSSR count). The number of para-hydroxylation sites is 1. The fraction of sp³-hybridized carbons (Fsp3) is 0.278. The number of rotatable bonds is 6. The highest BCUT2D eigenvalue weighted by atomic mass is 79.9. The van der Waals surface area contributed by atoms with E-state index in [1.54, 1.807) is 6.07 Å². The zero-order valence-corrected chi connectivity index (χ0v) is 14.4. The normalized spacial score (nSPS) is 10.3. The SMILES string of the molecule is CCCOc1ccc(Br)cc1C(=O)Nc1ccccc1CC. The molecule has 0 atom stereocenters. The Hall–Kier alpha value is -1.81. The van der Waals surface area contributed by atoms with Crippen LogP contribution in [0.2, 0.25) is 0 Å². The van der Waals surface area contributed by atoms with Gasteiger partial charge in [0, 0.05) is 10.2 Å². The maximum absolute atomic E-state index is 12.6. The van der Waals surface area contributed by atoms with Gasteiger partial charge in [-0.25, -0.2) is 0 Å². The number of hydrogen-bond acceptors (Lipinski definition) is 2. The molecule has 2 aromatic rings. The number of aryl methyl sites for hydroxylation is 1. The summed E-state index contributed by atoms with van der Waals surface area (Å²) in [5, 5.41) is 2.98. The van der Waals surface area contributed by atoms with E-state index in [9.17, 15) is 4.79 Å². The third kappa shape index (κ3) is 4.10. The van der Waals surface area contributed by atoms with E-state index in [-0.39, 0.29) is 5.91 Å². The lowest BCUT2D eigenvalue weighted by molar-refractivity contribution is 0.102. The molecule has 0 heterocycles. The Bertz CT molecular complexity index is 655. The maximum atomic E-state index is 12.6. The average Bonchev–Trinajstić information content (AvgIpc) is 2.54. The molecule has 0 aliphatic heterocycles. The highest BCUT2D eigenvalue weighted by molar-refractivity contribution is 9.10. The van der Waals surface area contributed by atoms with Crippen molar-refractivity contribution >= 4 is 27.5 Å². The maximum Gasteiger partial charge on any atom is 0.259 e. The van der Waals surface area contributed by atoms with Crippen molar-refractivity contribution in [1.29, 1.82) is 0 Å². The zero-order chi connectivity index (χ0) is 15.9. The minimum absolute atomic E-state index is 0.159. The Labute approximate surface area is 139 Å². The lowest BCUT2D eigenvalue weighted by atomic mass is 10.1. The van der Waals surface area contributed by atoms with Crippen LogP contribution in [0.4, 0.5) is 5.69 Å². The van der Waals surface area contributed by atoms with Crippen molar-refractivity contribution in [3.8, 4) is 5.75 Å². The van der Waals surface area contributed by atoms with E-state index < -0.39 is 0 Å². The van der Waals surface area contributed by atoms with E-state index in [0.29, 0.717) is 17.9 Å². The second-order valence-corrected chi connectivity index (χ2v) is 5.87. The first-order valence-electron chi connectivity index (χ1n) is 7.47. The number of benzene rings is 2. The number of amides is 1. The Morgan fingerprint density at radius 1 is 1.18 bits per heavy atom. The minimum atomic E-state index is -0.159. The summed E-state index contributed by atoms with van der Waals surface area (Å²) in [6.45, 7) is 4.70. The molecule has 3 nitrogen and oxygen atoms in total. The molecule has 1 amide bonds. The van der Waals surface area contributed by atoms with Crippen molar-refractivity contribution in [1.82, 2.24) is 0 Å². The summed E-state index contributed by atoms with van der Waals surface area (Å²) in [6.07, 6.45) is 1.77. The molecule has 0 saturated carbocycles. The molecule has 0 fully saturated rings. The van der Waals surface area contributed by atoms with Crippen molar-refractivity contribution in [3.05, 3.63) is 58.1 Å². The summed E-state index contributed by atoms with van der Waals surface area (Å²) < 4.78 is 6.53. The van der Waals surface area contributed by atoms with Gasteiger partial charge >= 0.3 is 0 Å². The second kappa shape index (κ2) is 7.99. The summed E-state index contributed by atoms with van der Waals surface area (Å²) >= 11 is 3.41. The van der Waals surface area contributed by atoms with Crippen LogP contribution in [0, 0.1) is 0 Å². The monoisotopic (exact) mass is 361 g/mol. The molecule has 0 aliphatic rings. The summed E-state index contributed by atoms with van der Waals surface area (Å²) in [6, 6.07) is 13.3. The minimum Gasteiger partial charge on any atom is -0.493 e. The van der Waals surface area contributed by atoms with Gasteiger partial charge in [0.2, 0.25) is 0 Å². The first-order chi connectivity index (χ1) is 10.7. The number of carbonyl (C=O) groups excluding carboxylic acids is 1. The van der Waals surface area contributed by atoms with E-state index in [1.807, 2.05) is 43.3 Å². The molecule has 0 aliphatic carbocycles. The number of hydrogen-bond donors (Lipinski definition) is 1. The predicted octanol–water partition coefficient (Wildman–Crippen LogP) is 5.05. The fourth-order valence-electron chi connectivity index (χ4n) is 2.16. The van der Waals surface area contributed by atoms with Gasteiger partial charge in [0.25, 0.3) is 5.91 Å². The van der Waals surface area contributed by atoms with Crippen LogP contribution in [-0.2, 0) is 6.42 Å². The number of nitrogens with one attached hydrogen (secondary N) is 1. The average molecular weight is 362 g/mol. The molecule has 0 aromatic heterocycles. The molecule has 0 saturated heterocycles. The molecule has 0 spiro atoms. The van der Waals surface area contributed by atoms with Crippen LogP contribution in [0.3, 0.4) is 0 Å². The van der Waals surface area contributed by atoms with Gasteiger partial charge in [-0.15, -0.1) is 0 Å². The van der Waals surface area contributed by atoms with E-state index in [4.69, 9.17) is 4.74 Å². The van der Waals surface area contributed by atoms with E-state index in [0.717, 1.165) is 28.6 Å². The first kappa shape index (κ1) is 16.6. The molecule has 0 radical (unpaired) electrons. The van der Waals surface area contributed by atoms with Crippen LogP contribution >= 0.6 is 15.9 Å². The molecule has 0 bridgehead atoms. The molecule has 1 N–H and O–H groups in total. The second-order valence-electron chi connectivity index (χ2n) is 4.95. The number of ether oxygens (including phenoxy) is 1. The van der Waals surface area contributed by atoms with Crippen molar-refractivity contribution < 1.29 is 9.53 Å². The van der Waals surface area contributed by atoms with Gasteiger partial charge in [-0.2, -0.15) is 0 Å². The quantitative estimate of drug-likeness (QED) is 0.781. The molecule has 0 unspecified atom stereocenters. The first-order valence-corrected chi connectivity index (χ1v) is 8.26. The third-order valence-electron chi connectivity index (χ3n) is 3.29. The van der Waals surface area contributed by atoms with Gasteiger partial charge in [-0.05, 0) is 42.7 Å². The summed E-state index contributed by atoms with van der Waals surface area (Å²) in [5.74, 6) is 0.449. The Kier molecular flexibility index (Phi) is 6.01. The zero-order valence-electron chi connectivity index (χ0n) is 12.9. The van der Waals surface area contributed by atoms with Crippen LogP contribution in [0.25, 0.3) is 0 Å². The molecule has 22 heavy (non-hydrogen) atoms. The van der Waals surface area contributed by atoms with Gasteiger partial charge in [-0.1, -0.05) is 48.0 Å².